The van der Waals surface area contributed by atoms with Gasteiger partial charge < -0.3 is 0 Å². The van der Waals surface area contributed by atoms with Gasteiger partial charge in [-0.3, -0.25) is 0 Å². The topological polar surface area (TPSA) is 0 Å². The van der Waals surface area contributed by atoms with Gasteiger partial charge in [0.05, 0.1) is 0 Å². The molecule has 0 aromatic heterocycles. The van der Waals surface area contributed by atoms with E-state index in [9.17, 15) is 0 Å². The average Bonchev–Trinajstić information content (AvgIpc) is 1.17. The minimum atomic E-state index is -1.81. The van der Waals surface area contributed by atoms with E-state index in [4.69, 9.17) is 9.60 Å². The summed E-state index contributed by atoms with van der Waals surface area (Å²) in [5.74, 6) is 7.63. The van der Waals surface area contributed by atoms with Gasteiger partial charge >= 0.3 is 0 Å². The molecule has 12 rings (SSSR count). The lowest BCUT2D eigenvalue weighted by atomic mass is 9.49. The minimum absolute atomic E-state index is 0.132. The van der Waals surface area contributed by atoms with Crippen molar-refractivity contribution in [3.63, 3.8) is 0 Å². The summed E-state index contributed by atoms with van der Waals surface area (Å²) in [6.07, 6.45) is 57.4. The summed E-state index contributed by atoms with van der Waals surface area (Å²) in [6, 6.07) is 0. The van der Waals surface area contributed by atoms with Crippen LogP contribution in [0.1, 0.15) is 453 Å². The van der Waals surface area contributed by atoms with Crippen LogP contribution in [0.3, 0.4) is 0 Å². The molecule has 0 atom stereocenters. The Hall–Kier alpha value is 0. The van der Waals surface area contributed by atoms with Crippen molar-refractivity contribution in [1.29, 1.82) is 0 Å². The van der Waals surface area contributed by atoms with Crippen LogP contribution in [0, 0.1) is 107 Å². The summed E-state index contributed by atoms with van der Waals surface area (Å²) in [7, 11) is 0. The molecule has 0 aromatic rings. The molecule has 0 amide bonds. The first-order chi connectivity index (χ1) is 42.1. The Bertz CT molecular complexity index is 1900. The van der Waals surface area contributed by atoms with Gasteiger partial charge in [-0.25, -0.2) is 0 Å². The van der Waals surface area contributed by atoms with Crippen LogP contribution < -0.4 is 0 Å². The summed E-state index contributed by atoms with van der Waals surface area (Å²) < 4.78 is 49.4. The predicted molar refractivity (Wildman–Crippen MR) is 392 cm³/mol. The summed E-state index contributed by atoms with van der Waals surface area (Å²) in [5, 5.41) is 0. The molecule has 12 aliphatic carbocycles. The van der Waals surface area contributed by atoms with Crippen LogP contribution in [0.25, 0.3) is 0 Å². The van der Waals surface area contributed by atoms with Crippen molar-refractivity contribution < 1.29 is 9.60 Å². The first-order valence-electron chi connectivity index (χ1n) is 42.1. The molecule has 0 nitrogen and oxygen atoms in total. The van der Waals surface area contributed by atoms with E-state index in [0.717, 1.165) is 63.1 Å². The largest absolute Gasteiger partial charge is 0.0651 e. The van der Waals surface area contributed by atoms with Gasteiger partial charge in [-0.2, -0.15) is 0 Å². The van der Waals surface area contributed by atoms with Crippen molar-refractivity contribution in [3.05, 3.63) is 0 Å². The normalized spacial score (nSPS) is 31.9. The van der Waals surface area contributed by atoms with Gasteiger partial charge in [-0.05, 0) is 267 Å². The standard InChI is InChI=1S/C16H30.C14H26.C12H20.C12H22.C11H20.C6H14.3C5H12/c1-13-6-8-16(9-7-13)11-14(2,3)10-15(4,5)12-16;1-12-4-6-14(7-5-12)10-8-13(2,3)9-11-14;1-2-12-6-9-3-10(7-12)5-11(4-9)8-12;1-11-5-9-12(10-6-11)7-3-2-4-8-12;1-10-4-8-11(9-5-10)6-2-3-7-11;1-5-6(2,3)4;2*1-5(2,3)4;1-4-5(2)3/h13H,6-12H2,1-5H3;12H,4-11H2,1-3H3;9-11H,2-8H2,1H3;11H,2-10H2,1H3;10H,2-9H2,1H3;5H2,1-4H3;2*1-4H3;5H,4H2,1-3H3/i;;;;;5D2;1D3;;4D2. The Morgan fingerprint density at radius 3 is 0.884 bits per heavy atom. The van der Waals surface area contributed by atoms with E-state index in [0.29, 0.717) is 27.1 Å². The Morgan fingerprint density at radius 1 is 0.384 bits per heavy atom. The molecule has 0 heterocycles. The van der Waals surface area contributed by atoms with Gasteiger partial charge in [0, 0.05) is 9.60 Å². The van der Waals surface area contributed by atoms with Crippen molar-refractivity contribution >= 4 is 0 Å². The van der Waals surface area contributed by atoms with Crippen LogP contribution in [0.15, 0.2) is 0 Å². The Kier molecular flexibility index (Phi) is 28.0. The Balaban J connectivity index is 0.000000278. The highest BCUT2D eigenvalue weighted by atomic mass is 14.6. The molecular formula is C86H168. The number of hydrogen-bond acceptors (Lipinski definition) is 0. The molecule has 4 bridgehead atoms. The van der Waals surface area contributed by atoms with Crippen molar-refractivity contribution in [1.82, 2.24) is 0 Å². The third kappa shape index (κ3) is 32.2. The first-order valence-corrected chi connectivity index (χ1v) is 38.6. The van der Waals surface area contributed by atoms with Crippen LogP contribution in [0.5, 0.6) is 0 Å². The fraction of sp³-hybridized carbons (Fsp3) is 1.00. The van der Waals surface area contributed by atoms with Crippen LogP contribution in [-0.2, 0) is 0 Å². The summed E-state index contributed by atoms with van der Waals surface area (Å²) in [6.45, 7) is 51.7. The fourth-order valence-corrected chi connectivity index (χ4v) is 19.5. The van der Waals surface area contributed by atoms with Gasteiger partial charge in [-0.15, -0.1) is 0 Å². The monoisotopic (exact) mass is 1210 g/mol. The smallest absolute Gasteiger partial charge is 0.0269 e. The minimum Gasteiger partial charge on any atom is -0.0651 e. The zero-order chi connectivity index (χ0) is 71.2. The van der Waals surface area contributed by atoms with E-state index in [2.05, 4.69) is 104 Å². The van der Waals surface area contributed by atoms with E-state index in [-0.39, 0.29) is 11.3 Å². The number of rotatable bonds is 2. The second-order valence-electron chi connectivity index (χ2n) is 40.5. The molecule has 0 aliphatic heterocycles. The summed E-state index contributed by atoms with van der Waals surface area (Å²) in [5.41, 5.74) is 5.53. The van der Waals surface area contributed by atoms with E-state index < -0.39 is 25.0 Å². The maximum absolute atomic E-state index is 7.25. The van der Waals surface area contributed by atoms with Gasteiger partial charge in [-0.1, -0.05) is 283 Å². The Morgan fingerprint density at radius 2 is 0.640 bits per heavy atom. The van der Waals surface area contributed by atoms with Crippen LogP contribution in [0.4, 0.5) is 0 Å². The molecule has 0 N–H and O–H groups in total. The quantitative estimate of drug-likeness (QED) is 0.259. The predicted octanol–water partition coefficient (Wildman–Crippen LogP) is 30.3. The van der Waals surface area contributed by atoms with E-state index in [1.165, 1.54) is 161 Å². The zero-order valence-electron chi connectivity index (χ0n) is 71.2. The highest BCUT2D eigenvalue weighted by Gasteiger charge is 2.50. The first kappa shape index (κ1) is 68.8. The molecule has 4 spiro atoms. The average molecular weight is 1210 g/mol. The van der Waals surface area contributed by atoms with E-state index >= 15 is 0 Å². The lowest BCUT2D eigenvalue weighted by molar-refractivity contribution is -0.0545. The molecule has 12 aliphatic rings. The van der Waals surface area contributed by atoms with Crippen LogP contribution >= 0.6 is 0 Å². The van der Waals surface area contributed by atoms with Crippen LogP contribution in [-0.4, -0.2) is 0 Å². The molecular weight excluding hydrogens is 1030 g/mol. The zero-order valence-corrected chi connectivity index (χ0v) is 64.2. The molecule has 86 heavy (non-hydrogen) atoms. The maximum Gasteiger partial charge on any atom is 0.0269 e. The van der Waals surface area contributed by atoms with Crippen LogP contribution in [0.2, 0.25) is 0 Å². The molecule has 12 saturated carbocycles. The second kappa shape index (κ2) is 34.9. The highest BCUT2D eigenvalue weighted by molar-refractivity contribution is 5.02. The molecule has 0 heteroatoms. The second-order valence-corrected chi connectivity index (χ2v) is 40.5. The Labute approximate surface area is 557 Å². The molecule has 0 saturated heterocycles. The molecule has 0 unspecified atom stereocenters. The van der Waals surface area contributed by atoms with E-state index in [1.54, 1.807) is 125 Å². The summed E-state index contributed by atoms with van der Waals surface area (Å²) >= 11 is 0. The van der Waals surface area contributed by atoms with Crippen molar-refractivity contribution in [2.24, 2.45) is 107 Å². The van der Waals surface area contributed by atoms with Crippen molar-refractivity contribution in [2.45, 2.75) is 443 Å². The maximum atomic E-state index is 7.25. The summed E-state index contributed by atoms with van der Waals surface area (Å²) in [4.78, 5) is 0. The van der Waals surface area contributed by atoms with Gasteiger partial charge in [0.15, 0.2) is 0 Å². The molecule has 12 fully saturated rings. The van der Waals surface area contributed by atoms with Crippen molar-refractivity contribution in [3.8, 4) is 0 Å². The third-order valence-electron chi connectivity index (χ3n) is 24.5. The van der Waals surface area contributed by atoms with Gasteiger partial charge in [0.25, 0.3) is 0 Å². The third-order valence-corrected chi connectivity index (χ3v) is 24.5. The fourth-order valence-electron chi connectivity index (χ4n) is 19.5. The van der Waals surface area contributed by atoms with E-state index in [1.807, 2.05) is 34.6 Å². The molecule has 512 valence electrons. The SMILES string of the molecule is CC(C)(C)C.CC1CCC2(CC1)CC(C)(C)CC(C)(C)C2.CC1CCC2(CC1)CCC(C)(C)CC2.CC1CCC2(CCCC2)CC1.CC1CCC2(CCCCC2)CC1.CCC12CC3CC(CC(C3)C1)C2.[2H]C([2H])(C)C(C)(C)C.[2H]C([2H])(C)C(C)C.[2H]C([2H])([2H])C(C)(C)C. The molecule has 0 aromatic carbocycles. The van der Waals surface area contributed by atoms with Gasteiger partial charge in [0.2, 0.25) is 0 Å². The van der Waals surface area contributed by atoms with Gasteiger partial charge in [0.1, 0.15) is 0 Å². The number of hydrogen-bond donors (Lipinski definition) is 0. The lowest BCUT2D eigenvalue weighted by Crippen LogP contribution is -2.45. The highest BCUT2D eigenvalue weighted by Crippen LogP contribution is 2.62. The van der Waals surface area contributed by atoms with Crippen molar-refractivity contribution in [2.75, 3.05) is 0 Å². The molecule has 0 radical (unpaired) electrons. The lowest BCUT2D eigenvalue weighted by Gasteiger charge is -2.56.